The molecule has 4 N–H and O–H groups in total. The van der Waals surface area contributed by atoms with Gasteiger partial charge in [0.05, 0.1) is 11.1 Å². The summed E-state index contributed by atoms with van der Waals surface area (Å²) in [5.41, 5.74) is 2.98. The smallest absolute Gasteiger partial charge is 0.318 e. The van der Waals surface area contributed by atoms with Gasteiger partial charge in [0.2, 0.25) is 0 Å². The lowest BCUT2D eigenvalue weighted by Crippen LogP contribution is -2.53. The summed E-state index contributed by atoms with van der Waals surface area (Å²) in [6.07, 6.45) is 0. The van der Waals surface area contributed by atoms with Crippen LogP contribution in [-0.4, -0.2) is 47.9 Å². The number of hydrogen-bond acceptors (Lipinski definition) is 4. The number of likely N-dealkylation sites (N-methyl/N-ethyl adjacent to an activating group) is 1. The molecule has 1 atom stereocenters. The maximum Gasteiger partial charge on any atom is 0.318 e. The Labute approximate surface area is 184 Å². The van der Waals surface area contributed by atoms with Crippen molar-refractivity contribution in [1.29, 1.82) is 0 Å². The van der Waals surface area contributed by atoms with E-state index in [1.807, 2.05) is 12.3 Å². The maximum atomic E-state index is 14.3. The van der Waals surface area contributed by atoms with Gasteiger partial charge < -0.3 is 10.2 Å². The lowest BCUT2D eigenvalue weighted by Gasteiger charge is -2.41. The van der Waals surface area contributed by atoms with Crippen molar-refractivity contribution in [2.75, 3.05) is 26.2 Å². The van der Waals surface area contributed by atoms with E-state index in [4.69, 9.17) is 17.4 Å². The molecular formula is C21H24ClF2N5O2. The number of piperazine rings is 1. The van der Waals surface area contributed by atoms with Gasteiger partial charge in [0, 0.05) is 37.3 Å². The molecule has 0 aliphatic carbocycles. The zero-order valence-corrected chi connectivity index (χ0v) is 17.8. The van der Waals surface area contributed by atoms with Crippen molar-refractivity contribution in [2.45, 2.75) is 19.5 Å². The Morgan fingerprint density at radius 1 is 1.16 bits per heavy atom. The van der Waals surface area contributed by atoms with Gasteiger partial charge in [0.15, 0.2) is 0 Å². The van der Waals surface area contributed by atoms with Crippen LogP contribution < -0.4 is 16.6 Å². The van der Waals surface area contributed by atoms with Crippen LogP contribution in [0.15, 0.2) is 36.4 Å². The van der Waals surface area contributed by atoms with E-state index in [1.54, 1.807) is 11.0 Å². The van der Waals surface area contributed by atoms with Crippen LogP contribution in [0, 0.1) is 11.6 Å². The Kier molecular flexibility index (Phi) is 7.42. The SMILES string of the molecule is CCN1CCN(C(=O)NCc2ccc(C(=O)NN)cc2F)C(c2ccc(F)c(Cl)c2)C1. The highest BCUT2D eigenvalue weighted by atomic mass is 35.5. The molecule has 10 heteroatoms. The third kappa shape index (κ3) is 5.30. The lowest BCUT2D eigenvalue weighted by atomic mass is 10.0. The molecule has 1 saturated heterocycles. The summed E-state index contributed by atoms with van der Waals surface area (Å²) in [4.78, 5) is 28.3. The van der Waals surface area contributed by atoms with Crippen LogP contribution in [0.1, 0.15) is 34.5 Å². The number of nitrogens with one attached hydrogen (secondary N) is 2. The van der Waals surface area contributed by atoms with Gasteiger partial charge in [-0.1, -0.05) is 30.7 Å². The number of amides is 3. The minimum Gasteiger partial charge on any atom is -0.334 e. The average Bonchev–Trinajstić information content (AvgIpc) is 2.78. The summed E-state index contributed by atoms with van der Waals surface area (Å²) in [5.74, 6) is 3.30. The molecule has 1 fully saturated rings. The van der Waals surface area contributed by atoms with E-state index in [0.717, 1.165) is 18.2 Å². The Hall–Kier alpha value is -2.75. The number of nitrogen functional groups attached to an aromatic ring is 1. The number of benzene rings is 2. The largest absolute Gasteiger partial charge is 0.334 e. The molecule has 0 radical (unpaired) electrons. The number of urea groups is 1. The van der Waals surface area contributed by atoms with Gasteiger partial charge in [0.1, 0.15) is 11.6 Å². The first kappa shape index (κ1) is 22.9. The molecule has 0 bridgehead atoms. The number of nitrogens with zero attached hydrogens (tertiary/aromatic N) is 2. The van der Waals surface area contributed by atoms with Crippen LogP contribution in [0.2, 0.25) is 5.02 Å². The molecule has 1 unspecified atom stereocenters. The van der Waals surface area contributed by atoms with Gasteiger partial charge in [-0.3, -0.25) is 15.1 Å². The topological polar surface area (TPSA) is 90.7 Å². The number of halogens is 3. The average molecular weight is 452 g/mol. The summed E-state index contributed by atoms with van der Waals surface area (Å²) in [5, 5.41) is 2.72. The van der Waals surface area contributed by atoms with Crippen LogP contribution in [0.5, 0.6) is 0 Å². The number of rotatable bonds is 5. The highest BCUT2D eigenvalue weighted by molar-refractivity contribution is 6.30. The molecular weight excluding hydrogens is 428 g/mol. The number of carbonyl (C=O) groups is 2. The van der Waals surface area contributed by atoms with Crippen molar-refractivity contribution in [2.24, 2.45) is 5.84 Å². The Morgan fingerprint density at radius 3 is 2.58 bits per heavy atom. The predicted octanol–water partition coefficient (Wildman–Crippen LogP) is 2.81. The van der Waals surface area contributed by atoms with Crippen molar-refractivity contribution < 1.29 is 18.4 Å². The molecule has 0 aromatic heterocycles. The van der Waals surface area contributed by atoms with Gasteiger partial charge >= 0.3 is 6.03 Å². The van der Waals surface area contributed by atoms with Crippen molar-refractivity contribution in [3.63, 3.8) is 0 Å². The van der Waals surface area contributed by atoms with Gasteiger partial charge in [-0.05, 0) is 36.4 Å². The number of hydrogen-bond donors (Lipinski definition) is 3. The van der Waals surface area contributed by atoms with E-state index in [0.29, 0.717) is 19.6 Å². The normalized spacial score (nSPS) is 16.8. The number of hydrazine groups is 1. The van der Waals surface area contributed by atoms with E-state index in [2.05, 4.69) is 10.2 Å². The molecule has 1 heterocycles. The fraction of sp³-hybridized carbons (Fsp3) is 0.333. The van der Waals surface area contributed by atoms with Crippen LogP contribution in [0.3, 0.4) is 0 Å². The zero-order chi connectivity index (χ0) is 22.5. The van der Waals surface area contributed by atoms with E-state index in [1.165, 1.54) is 24.3 Å². The third-order valence-electron chi connectivity index (χ3n) is 5.38. The second-order valence-electron chi connectivity index (χ2n) is 7.21. The fourth-order valence-corrected chi connectivity index (χ4v) is 3.75. The fourth-order valence-electron chi connectivity index (χ4n) is 3.56. The summed E-state index contributed by atoms with van der Waals surface area (Å²) in [6.45, 7) is 4.50. The maximum absolute atomic E-state index is 14.3. The quantitative estimate of drug-likeness (QED) is 0.370. The molecule has 2 aromatic rings. The third-order valence-corrected chi connectivity index (χ3v) is 5.67. The zero-order valence-electron chi connectivity index (χ0n) is 17.0. The van der Waals surface area contributed by atoms with Gasteiger partial charge in [0.25, 0.3) is 5.91 Å². The summed E-state index contributed by atoms with van der Waals surface area (Å²) >= 11 is 5.95. The van der Waals surface area contributed by atoms with Crippen LogP contribution in [-0.2, 0) is 6.54 Å². The monoisotopic (exact) mass is 451 g/mol. The van der Waals surface area contributed by atoms with Gasteiger partial charge in [-0.25, -0.2) is 19.4 Å². The molecule has 7 nitrogen and oxygen atoms in total. The predicted molar refractivity (Wildman–Crippen MR) is 113 cm³/mol. The second-order valence-corrected chi connectivity index (χ2v) is 7.62. The van der Waals surface area contributed by atoms with Crippen molar-refractivity contribution in [3.8, 4) is 0 Å². The number of nitrogens with two attached hydrogens (primary N) is 1. The van der Waals surface area contributed by atoms with E-state index in [-0.39, 0.29) is 34.8 Å². The first-order chi connectivity index (χ1) is 14.8. The first-order valence-corrected chi connectivity index (χ1v) is 10.2. The van der Waals surface area contributed by atoms with Crippen molar-refractivity contribution >= 4 is 23.5 Å². The molecule has 1 aliphatic rings. The molecule has 3 amide bonds. The molecule has 3 rings (SSSR count). The van der Waals surface area contributed by atoms with Crippen molar-refractivity contribution in [3.05, 3.63) is 69.7 Å². The highest BCUT2D eigenvalue weighted by Crippen LogP contribution is 2.28. The highest BCUT2D eigenvalue weighted by Gasteiger charge is 2.31. The van der Waals surface area contributed by atoms with E-state index >= 15 is 0 Å². The Morgan fingerprint density at radius 2 is 1.94 bits per heavy atom. The lowest BCUT2D eigenvalue weighted by molar-refractivity contribution is 0.0951. The molecule has 166 valence electrons. The van der Waals surface area contributed by atoms with Crippen LogP contribution >= 0.6 is 11.6 Å². The minimum absolute atomic E-state index is 0.00448. The van der Waals surface area contributed by atoms with Gasteiger partial charge in [-0.15, -0.1) is 0 Å². The molecule has 2 aromatic carbocycles. The molecule has 0 spiro atoms. The van der Waals surface area contributed by atoms with E-state index < -0.39 is 17.5 Å². The Balaban J connectivity index is 1.74. The minimum atomic E-state index is -0.626. The Bertz CT molecular complexity index is 975. The standard InChI is InChI=1S/C21H24ClF2N5O2/c1-2-28-7-8-29(19(12-28)13-5-6-17(23)16(22)9-13)21(31)26-11-15-4-3-14(10-18(15)24)20(30)27-25/h3-6,9-10,19H,2,7-8,11-12,25H2,1H3,(H,26,31)(H,27,30). The van der Waals surface area contributed by atoms with Crippen molar-refractivity contribution in [1.82, 2.24) is 20.5 Å². The molecule has 1 aliphatic heterocycles. The van der Waals surface area contributed by atoms with Crippen LogP contribution in [0.4, 0.5) is 13.6 Å². The first-order valence-electron chi connectivity index (χ1n) is 9.85. The van der Waals surface area contributed by atoms with E-state index in [9.17, 15) is 18.4 Å². The summed E-state index contributed by atoms with van der Waals surface area (Å²) in [6, 6.07) is 7.65. The molecule has 31 heavy (non-hydrogen) atoms. The summed E-state index contributed by atoms with van der Waals surface area (Å²) < 4.78 is 27.9. The van der Waals surface area contributed by atoms with Gasteiger partial charge in [-0.2, -0.15) is 0 Å². The number of carbonyl (C=O) groups excluding carboxylic acids is 2. The van der Waals surface area contributed by atoms with Crippen LogP contribution in [0.25, 0.3) is 0 Å². The molecule has 0 saturated carbocycles. The summed E-state index contributed by atoms with van der Waals surface area (Å²) in [7, 11) is 0. The second kappa shape index (κ2) is 10.0.